The highest BCUT2D eigenvalue weighted by molar-refractivity contribution is 5.92. The molecule has 0 amide bonds. The molecular weight excluding hydrogens is 556 g/mol. The maximum absolute atomic E-state index is 13.1. The Morgan fingerprint density at radius 2 is 1.20 bits per heavy atom. The van der Waals surface area contributed by atoms with Crippen LogP contribution in [0.4, 0.5) is 22.7 Å². The van der Waals surface area contributed by atoms with Crippen molar-refractivity contribution in [2.45, 2.75) is 43.7 Å². The van der Waals surface area contributed by atoms with Crippen LogP contribution in [0.5, 0.6) is 0 Å². The minimum atomic E-state index is -1.46. The Labute approximate surface area is 230 Å². The zero-order valence-electron chi connectivity index (χ0n) is 21.2. The van der Waals surface area contributed by atoms with Gasteiger partial charge in [-0.3, -0.25) is 0 Å². The number of benzene rings is 2. The van der Waals surface area contributed by atoms with Crippen molar-refractivity contribution < 1.29 is 70.3 Å². The van der Waals surface area contributed by atoms with Gasteiger partial charge in [0.15, 0.2) is 28.9 Å². The van der Waals surface area contributed by atoms with Gasteiger partial charge >= 0.3 is 11.9 Å². The Morgan fingerprint density at radius 3 is 1.61 bits per heavy atom. The number of hydrogen-bond donors (Lipinski definition) is 8. The molecule has 2 aromatic rings. The molecule has 18 heteroatoms. The summed E-state index contributed by atoms with van der Waals surface area (Å²) in [5, 5.41) is 77.1. The second-order valence-electron chi connectivity index (χ2n) is 9.40. The third-order valence-electron chi connectivity index (χ3n) is 6.60. The van der Waals surface area contributed by atoms with E-state index in [0.29, 0.717) is 19.3 Å². The molecule has 224 valence electrons. The van der Waals surface area contributed by atoms with Gasteiger partial charge in [-0.1, -0.05) is 0 Å². The average Bonchev–Trinajstić information content (AvgIpc) is 2.94. The van der Waals surface area contributed by atoms with Crippen LogP contribution >= 0.6 is 0 Å². The molecule has 41 heavy (non-hydrogen) atoms. The van der Waals surface area contributed by atoms with E-state index in [0.717, 1.165) is 36.4 Å². The number of carbonyl (C=O) groups is 2. The van der Waals surface area contributed by atoms with Crippen LogP contribution in [-0.2, 0) is 18.9 Å². The molecule has 8 N–H and O–H groups in total. The van der Waals surface area contributed by atoms with Crippen molar-refractivity contribution in [3.8, 4) is 0 Å². The highest BCUT2D eigenvalue weighted by Gasteiger charge is 2.50. The van der Waals surface area contributed by atoms with E-state index in [1.165, 1.54) is 0 Å². The van der Waals surface area contributed by atoms with Gasteiger partial charge in [-0.2, -0.15) is 20.9 Å². The van der Waals surface area contributed by atoms with Crippen LogP contribution in [0.25, 0.3) is 0 Å². The summed E-state index contributed by atoms with van der Waals surface area (Å²) in [7, 11) is 0. The van der Waals surface area contributed by atoms with Gasteiger partial charge in [0.2, 0.25) is 5.79 Å². The number of esters is 2. The van der Waals surface area contributed by atoms with Crippen LogP contribution in [0.15, 0.2) is 36.4 Å². The predicted octanol–water partition coefficient (Wildman–Crippen LogP) is -2.63. The Kier molecular flexibility index (Phi) is 9.59. The largest absolute Gasteiger partial charge is 0.595 e. The number of rotatable bonds is 8. The SMILES string of the molecule is O=C(O[C@H]1CO[C@@]2(CCCCO2)[C@@H](OC(=O)c2cc([NH+]([O-])O)cc([NH+]([O-])O)c2)C1)c1cc([NH+]([O-])O)cc([NH+]([O-])O)c1. The van der Waals surface area contributed by atoms with Crippen molar-refractivity contribution in [3.63, 3.8) is 0 Å². The lowest BCUT2D eigenvalue weighted by Crippen LogP contribution is -3.00. The van der Waals surface area contributed by atoms with Gasteiger partial charge in [-0.25, -0.2) is 30.4 Å². The van der Waals surface area contributed by atoms with Gasteiger partial charge in [-0.15, -0.1) is 0 Å². The molecular formula is C23H28N4O14. The van der Waals surface area contributed by atoms with Crippen molar-refractivity contribution in [1.82, 2.24) is 0 Å². The van der Waals surface area contributed by atoms with Gasteiger partial charge in [0, 0.05) is 37.1 Å². The molecule has 2 aliphatic heterocycles. The second kappa shape index (κ2) is 12.8. The van der Waals surface area contributed by atoms with Gasteiger partial charge in [0.25, 0.3) is 0 Å². The van der Waals surface area contributed by atoms with Crippen LogP contribution < -0.4 is 20.9 Å². The van der Waals surface area contributed by atoms with Crippen LogP contribution in [-0.4, -0.2) is 64.0 Å². The third-order valence-corrected chi connectivity index (χ3v) is 6.60. The topological polar surface area (TPSA) is 262 Å². The fourth-order valence-corrected chi connectivity index (χ4v) is 4.59. The first-order valence-corrected chi connectivity index (χ1v) is 12.3. The fourth-order valence-electron chi connectivity index (χ4n) is 4.59. The van der Waals surface area contributed by atoms with Gasteiger partial charge < -0.3 is 39.8 Å². The van der Waals surface area contributed by atoms with Crippen molar-refractivity contribution in [2.75, 3.05) is 13.2 Å². The quantitative estimate of drug-likeness (QED) is 0.117. The van der Waals surface area contributed by atoms with Crippen molar-refractivity contribution >= 4 is 34.7 Å². The molecule has 2 aliphatic rings. The van der Waals surface area contributed by atoms with Gasteiger partial charge in [0.1, 0.15) is 6.10 Å². The molecule has 2 aromatic carbocycles. The molecule has 2 heterocycles. The molecule has 0 aliphatic carbocycles. The molecule has 18 nitrogen and oxygen atoms in total. The molecule has 4 unspecified atom stereocenters. The van der Waals surface area contributed by atoms with Crippen LogP contribution in [0, 0.1) is 20.8 Å². The standard InChI is InChI=1S/C23H28N4O14/c28-21(13-5-15(24(30)31)9-16(6-13)25(32)33)40-19-11-20(23(39-12-19)3-1-2-4-38-23)41-22(29)14-7-17(26(34)35)10-18(8-14)27(36)37/h5-10,19-20,24-27,30,32,34,36H,1-4,11-12H2/t19-,20+,23+/m1/s1. The minimum Gasteiger partial charge on any atom is -0.595 e. The molecule has 7 atom stereocenters. The van der Waals surface area contributed by atoms with Crippen molar-refractivity contribution in [1.29, 1.82) is 0 Å². The first-order chi connectivity index (χ1) is 19.4. The zero-order valence-corrected chi connectivity index (χ0v) is 21.2. The lowest BCUT2D eigenvalue weighted by atomic mass is 9.93. The van der Waals surface area contributed by atoms with E-state index >= 15 is 0 Å². The molecule has 0 radical (unpaired) electrons. The molecule has 2 fully saturated rings. The Morgan fingerprint density at radius 1 is 0.732 bits per heavy atom. The summed E-state index contributed by atoms with van der Waals surface area (Å²) in [4.78, 5) is 26.0. The number of ether oxygens (including phenoxy) is 4. The highest BCUT2D eigenvalue weighted by Crippen LogP contribution is 2.38. The van der Waals surface area contributed by atoms with E-state index in [1.807, 2.05) is 0 Å². The predicted molar refractivity (Wildman–Crippen MR) is 127 cm³/mol. The molecule has 0 saturated carbocycles. The lowest BCUT2D eigenvalue weighted by molar-refractivity contribution is -0.996. The second-order valence-corrected chi connectivity index (χ2v) is 9.40. The monoisotopic (exact) mass is 584 g/mol. The number of hydrogen-bond acceptors (Lipinski definition) is 14. The molecule has 1 spiro atoms. The summed E-state index contributed by atoms with van der Waals surface area (Å²) in [6.07, 6.45) is -0.702. The molecule has 2 saturated heterocycles. The van der Waals surface area contributed by atoms with E-state index in [2.05, 4.69) is 0 Å². The number of nitrogens with one attached hydrogen (secondary N) is 4. The minimum absolute atomic E-state index is 0.147. The highest BCUT2D eigenvalue weighted by atomic mass is 16.8. The fraction of sp³-hybridized carbons (Fsp3) is 0.391. The summed E-state index contributed by atoms with van der Waals surface area (Å²) in [5.41, 5.74) is -2.46. The number of quaternary nitrogens is 4. The molecule has 0 bridgehead atoms. The average molecular weight is 584 g/mol. The molecule has 4 rings (SSSR count). The van der Waals surface area contributed by atoms with Crippen LogP contribution in [0.3, 0.4) is 0 Å². The normalized spacial score (nSPS) is 25.7. The van der Waals surface area contributed by atoms with E-state index in [4.69, 9.17) is 18.9 Å². The summed E-state index contributed by atoms with van der Waals surface area (Å²) in [6, 6.07) is 5.62. The van der Waals surface area contributed by atoms with E-state index in [-0.39, 0.29) is 30.8 Å². The maximum Gasteiger partial charge on any atom is 0.339 e. The van der Waals surface area contributed by atoms with E-state index < -0.39 is 73.6 Å². The summed E-state index contributed by atoms with van der Waals surface area (Å²) < 4.78 is 22.8. The van der Waals surface area contributed by atoms with E-state index in [1.54, 1.807) is 0 Å². The van der Waals surface area contributed by atoms with Gasteiger partial charge in [0.05, 0.1) is 36.5 Å². The molecule has 0 aromatic heterocycles. The van der Waals surface area contributed by atoms with Gasteiger partial charge in [-0.05, 0) is 12.8 Å². The lowest BCUT2D eigenvalue weighted by Gasteiger charge is -2.46. The first kappa shape index (κ1) is 30.8. The van der Waals surface area contributed by atoms with E-state index in [9.17, 15) is 51.2 Å². The number of carbonyl (C=O) groups excluding carboxylic acids is 2. The summed E-state index contributed by atoms with van der Waals surface area (Å²) >= 11 is 0. The smallest absolute Gasteiger partial charge is 0.339 e. The first-order valence-electron chi connectivity index (χ1n) is 12.3. The Balaban J connectivity index is 1.56. The summed E-state index contributed by atoms with van der Waals surface area (Å²) in [6.45, 7) is 0.0813. The van der Waals surface area contributed by atoms with Crippen LogP contribution in [0.1, 0.15) is 46.4 Å². The Bertz CT molecular complexity index is 1200. The third kappa shape index (κ3) is 7.19. The summed E-state index contributed by atoms with van der Waals surface area (Å²) in [5.74, 6) is -3.52. The van der Waals surface area contributed by atoms with Crippen molar-refractivity contribution in [2.24, 2.45) is 0 Å². The zero-order chi connectivity index (χ0) is 29.9. The van der Waals surface area contributed by atoms with Crippen LogP contribution in [0.2, 0.25) is 0 Å². The van der Waals surface area contributed by atoms with Crippen molar-refractivity contribution in [3.05, 3.63) is 68.4 Å². The maximum atomic E-state index is 13.1. The Hall–Kier alpha value is -3.18.